The summed E-state index contributed by atoms with van der Waals surface area (Å²) in [6, 6.07) is 20.0. The van der Waals surface area contributed by atoms with Crippen molar-refractivity contribution in [1.82, 2.24) is 4.98 Å². The number of benzene rings is 2. The number of hydrogen-bond donors (Lipinski definition) is 1. The van der Waals surface area contributed by atoms with Crippen molar-refractivity contribution in [2.24, 2.45) is 0 Å². The average molecular weight is 436 g/mol. The lowest BCUT2D eigenvalue weighted by molar-refractivity contribution is 0.0997. The number of pyridine rings is 1. The number of ether oxygens (including phenoxy) is 1. The first-order chi connectivity index (χ1) is 14.9. The average Bonchev–Trinajstić information content (AvgIpc) is 3.11. The Bertz CT molecular complexity index is 1310. The number of nitrogens with zero attached hydrogens (tertiary/aromatic N) is 1. The molecule has 158 valence electrons. The fourth-order valence-corrected chi connectivity index (χ4v) is 3.96. The van der Waals surface area contributed by atoms with Crippen LogP contribution in [0.1, 0.15) is 21.7 Å². The molecule has 0 fully saturated rings. The molecule has 1 N–H and O–H groups in total. The van der Waals surface area contributed by atoms with Crippen LogP contribution in [0.2, 0.25) is 0 Å². The first-order valence-corrected chi connectivity index (χ1v) is 11.6. The normalized spacial score (nSPS) is 11.4. The van der Waals surface area contributed by atoms with Crippen LogP contribution in [-0.2, 0) is 22.2 Å². The highest BCUT2D eigenvalue weighted by Crippen LogP contribution is 2.28. The predicted molar refractivity (Wildman–Crippen MR) is 118 cm³/mol. The number of rotatable bonds is 7. The van der Waals surface area contributed by atoms with Gasteiger partial charge in [-0.25, -0.2) is 13.4 Å². The van der Waals surface area contributed by atoms with Crippen LogP contribution >= 0.6 is 0 Å². The molecular weight excluding hydrogens is 416 g/mol. The van der Waals surface area contributed by atoms with E-state index in [0.29, 0.717) is 34.7 Å². The Balaban J connectivity index is 1.50. The van der Waals surface area contributed by atoms with Crippen molar-refractivity contribution >= 4 is 32.4 Å². The van der Waals surface area contributed by atoms with Crippen molar-refractivity contribution < 1.29 is 22.4 Å². The zero-order valence-corrected chi connectivity index (χ0v) is 17.6. The molecule has 4 rings (SSSR count). The van der Waals surface area contributed by atoms with Crippen LogP contribution in [0.15, 0.2) is 77.3 Å². The number of furan rings is 1. The molecule has 31 heavy (non-hydrogen) atoms. The molecule has 0 bridgehead atoms. The van der Waals surface area contributed by atoms with Gasteiger partial charge in [0.25, 0.3) is 5.91 Å². The molecule has 2 heterocycles. The topological polar surface area (TPSA) is 98.5 Å². The van der Waals surface area contributed by atoms with Gasteiger partial charge in [-0.05, 0) is 17.7 Å². The molecule has 1 amide bonds. The summed E-state index contributed by atoms with van der Waals surface area (Å²) >= 11 is 0. The fraction of sp³-hybridized carbons (Fsp3) is 0.130. The number of amides is 1. The summed E-state index contributed by atoms with van der Waals surface area (Å²) in [5, 5.41) is 3.30. The molecule has 0 saturated heterocycles. The van der Waals surface area contributed by atoms with E-state index in [-0.39, 0.29) is 11.5 Å². The minimum Gasteiger partial charge on any atom is -0.473 e. The van der Waals surface area contributed by atoms with Gasteiger partial charge in [0, 0.05) is 23.3 Å². The van der Waals surface area contributed by atoms with Gasteiger partial charge in [0.05, 0.1) is 17.6 Å². The van der Waals surface area contributed by atoms with Crippen molar-refractivity contribution in [3.63, 3.8) is 0 Å². The molecule has 0 spiro atoms. The predicted octanol–water partition coefficient (Wildman–Crippen LogP) is 4.20. The SMILES string of the molecule is CS(=O)(=O)Cc1c(C(=O)Nc2ccc(OCc3ccccc3)nc2)oc2ccccc12. The maximum absolute atomic E-state index is 12.8. The highest BCUT2D eigenvalue weighted by Gasteiger charge is 2.23. The van der Waals surface area contributed by atoms with E-state index in [2.05, 4.69) is 10.3 Å². The fourth-order valence-electron chi connectivity index (χ4n) is 3.15. The Morgan fingerprint density at radius 2 is 1.77 bits per heavy atom. The van der Waals surface area contributed by atoms with Crippen molar-refractivity contribution in [1.29, 1.82) is 0 Å². The molecule has 0 saturated carbocycles. The lowest BCUT2D eigenvalue weighted by Gasteiger charge is -2.07. The molecule has 0 aliphatic rings. The van der Waals surface area contributed by atoms with Gasteiger partial charge in [-0.3, -0.25) is 4.79 Å². The van der Waals surface area contributed by atoms with Gasteiger partial charge < -0.3 is 14.5 Å². The molecule has 0 radical (unpaired) electrons. The lowest BCUT2D eigenvalue weighted by Crippen LogP contribution is -2.14. The Morgan fingerprint density at radius 1 is 1.03 bits per heavy atom. The molecule has 0 aliphatic carbocycles. The molecule has 7 nitrogen and oxygen atoms in total. The number of nitrogens with one attached hydrogen (secondary N) is 1. The van der Waals surface area contributed by atoms with Crippen molar-refractivity contribution in [3.05, 3.63) is 89.8 Å². The third-order valence-corrected chi connectivity index (χ3v) is 5.35. The van der Waals surface area contributed by atoms with E-state index in [4.69, 9.17) is 9.15 Å². The van der Waals surface area contributed by atoms with E-state index in [1.807, 2.05) is 30.3 Å². The van der Waals surface area contributed by atoms with Crippen molar-refractivity contribution in [2.45, 2.75) is 12.4 Å². The number of carbonyl (C=O) groups is 1. The summed E-state index contributed by atoms with van der Waals surface area (Å²) in [5.74, 6) is -0.453. The van der Waals surface area contributed by atoms with E-state index in [1.165, 1.54) is 6.20 Å². The van der Waals surface area contributed by atoms with Crippen molar-refractivity contribution in [2.75, 3.05) is 11.6 Å². The van der Waals surface area contributed by atoms with Crippen LogP contribution < -0.4 is 10.1 Å². The number of hydrogen-bond acceptors (Lipinski definition) is 6. The number of carbonyl (C=O) groups excluding carboxylic acids is 1. The third kappa shape index (κ3) is 5.10. The molecule has 0 atom stereocenters. The summed E-state index contributed by atoms with van der Waals surface area (Å²) in [4.78, 5) is 17.0. The Kier molecular flexibility index (Phi) is 5.73. The van der Waals surface area contributed by atoms with E-state index >= 15 is 0 Å². The highest BCUT2D eigenvalue weighted by molar-refractivity contribution is 7.89. The second-order valence-corrected chi connectivity index (χ2v) is 9.23. The van der Waals surface area contributed by atoms with Crippen LogP contribution in [0.5, 0.6) is 5.88 Å². The maximum atomic E-state index is 12.8. The smallest absolute Gasteiger partial charge is 0.291 e. The number of para-hydroxylation sites is 1. The zero-order valence-electron chi connectivity index (χ0n) is 16.7. The van der Waals surface area contributed by atoms with Crippen molar-refractivity contribution in [3.8, 4) is 5.88 Å². The minimum absolute atomic E-state index is 0.0315. The molecule has 2 aromatic heterocycles. The standard InChI is InChI=1S/C23H20N2O5S/c1-31(27,28)15-19-18-9-5-6-10-20(18)30-22(19)23(26)25-17-11-12-21(24-13-17)29-14-16-7-3-2-4-8-16/h2-13H,14-15H2,1H3,(H,25,26). The second kappa shape index (κ2) is 8.61. The number of aromatic nitrogens is 1. The van der Waals surface area contributed by atoms with E-state index in [0.717, 1.165) is 11.8 Å². The largest absolute Gasteiger partial charge is 0.473 e. The molecule has 8 heteroatoms. The quantitative estimate of drug-likeness (QED) is 0.466. The van der Waals surface area contributed by atoms with Crippen LogP contribution in [0.3, 0.4) is 0 Å². The minimum atomic E-state index is -3.37. The van der Waals surface area contributed by atoms with Gasteiger partial charge >= 0.3 is 0 Å². The van der Waals surface area contributed by atoms with E-state index < -0.39 is 15.7 Å². The lowest BCUT2D eigenvalue weighted by atomic mass is 10.1. The molecular formula is C23H20N2O5S. The molecule has 0 aliphatic heterocycles. The van der Waals surface area contributed by atoms with Gasteiger partial charge in [-0.2, -0.15) is 0 Å². The van der Waals surface area contributed by atoms with Gasteiger partial charge in [-0.15, -0.1) is 0 Å². The summed E-state index contributed by atoms with van der Waals surface area (Å²) < 4.78 is 35.1. The summed E-state index contributed by atoms with van der Waals surface area (Å²) in [7, 11) is -3.37. The maximum Gasteiger partial charge on any atom is 0.291 e. The van der Waals surface area contributed by atoms with E-state index in [9.17, 15) is 13.2 Å². The first kappa shape index (κ1) is 20.6. The van der Waals surface area contributed by atoms with Crippen LogP contribution in [0.25, 0.3) is 11.0 Å². The zero-order chi connectivity index (χ0) is 21.8. The van der Waals surface area contributed by atoms with Crippen LogP contribution in [-0.4, -0.2) is 25.6 Å². The van der Waals surface area contributed by atoms with Crippen LogP contribution in [0, 0.1) is 0 Å². The molecule has 0 unspecified atom stereocenters. The first-order valence-electron chi connectivity index (χ1n) is 9.51. The van der Waals surface area contributed by atoms with Gasteiger partial charge in [0.2, 0.25) is 5.88 Å². The second-order valence-electron chi connectivity index (χ2n) is 7.09. The number of sulfone groups is 1. The molecule has 2 aromatic carbocycles. The summed E-state index contributed by atoms with van der Waals surface area (Å²) in [6.07, 6.45) is 2.59. The Hall–Kier alpha value is -3.65. The monoisotopic (exact) mass is 436 g/mol. The third-order valence-electron chi connectivity index (χ3n) is 4.53. The molecule has 4 aromatic rings. The number of fused-ring (bicyclic) bond motifs is 1. The Morgan fingerprint density at radius 3 is 2.48 bits per heavy atom. The van der Waals surface area contributed by atoms with E-state index in [1.54, 1.807) is 36.4 Å². The highest BCUT2D eigenvalue weighted by atomic mass is 32.2. The summed E-state index contributed by atoms with van der Waals surface area (Å²) in [5.41, 5.74) is 2.24. The van der Waals surface area contributed by atoms with Gasteiger partial charge in [0.1, 0.15) is 12.2 Å². The Labute approximate surface area is 179 Å². The summed E-state index contributed by atoms with van der Waals surface area (Å²) in [6.45, 7) is 0.382. The van der Waals surface area contributed by atoms with Gasteiger partial charge in [-0.1, -0.05) is 48.5 Å². The number of anilines is 1. The van der Waals surface area contributed by atoms with Gasteiger partial charge in [0.15, 0.2) is 15.6 Å². The van der Waals surface area contributed by atoms with Crippen LogP contribution in [0.4, 0.5) is 5.69 Å².